The van der Waals surface area contributed by atoms with E-state index in [0.717, 1.165) is 29.5 Å². The summed E-state index contributed by atoms with van der Waals surface area (Å²) in [6, 6.07) is 11.6. The minimum atomic E-state index is -0.423. The molecule has 0 aliphatic carbocycles. The van der Waals surface area contributed by atoms with Gasteiger partial charge in [-0.15, -0.1) is 0 Å². The third kappa shape index (κ3) is 2.81. The van der Waals surface area contributed by atoms with E-state index in [1.54, 1.807) is 0 Å². The number of aromatic nitrogens is 1. The second kappa shape index (κ2) is 5.66. The molecule has 0 atom stereocenters. The first-order valence-corrected chi connectivity index (χ1v) is 6.89. The molecule has 0 spiro atoms. The maximum atomic E-state index is 13.7. The van der Waals surface area contributed by atoms with Crippen LogP contribution in [0.5, 0.6) is 0 Å². The van der Waals surface area contributed by atoms with Gasteiger partial charge in [0.15, 0.2) is 0 Å². The molecule has 2 aromatic carbocycles. The molecule has 0 unspecified atom stereocenters. The molecular formula is C17H16F2N2. The van der Waals surface area contributed by atoms with E-state index < -0.39 is 11.6 Å². The smallest absolute Gasteiger partial charge is 0.128 e. The lowest BCUT2D eigenvalue weighted by Gasteiger charge is -2.08. The molecule has 0 bridgehead atoms. The van der Waals surface area contributed by atoms with Crippen molar-refractivity contribution in [1.82, 2.24) is 4.57 Å². The van der Waals surface area contributed by atoms with Crippen molar-refractivity contribution in [3.8, 4) is 0 Å². The molecule has 0 aliphatic rings. The predicted octanol–water partition coefficient (Wildman–Crippen LogP) is 3.47. The van der Waals surface area contributed by atoms with Gasteiger partial charge in [-0.05, 0) is 60.3 Å². The third-order valence-electron chi connectivity index (χ3n) is 3.62. The Bertz CT molecular complexity index is 778. The van der Waals surface area contributed by atoms with E-state index in [9.17, 15) is 8.78 Å². The summed E-state index contributed by atoms with van der Waals surface area (Å²) >= 11 is 0. The number of fused-ring (bicyclic) bond motifs is 1. The molecule has 1 heterocycles. The molecule has 0 aliphatic heterocycles. The topological polar surface area (TPSA) is 30.9 Å². The van der Waals surface area contributed by atoms with E-state index in [0.29, 0.717) is 18.7 Å². The van der Waals surface area contributed by atoms with Gasteiger partial charge >= 0.3 is 0 Å². The first-order valence-electron chi connectivity index (χ1n) is 6.89. The summed E-state index contributed by atoms with van der Waals surface area (Å²) < 4.78 is 28.9. The molecule has 0 amide bonds. The van der Waals surface area contributed by atoms with Gasteiger partial charge in [-0.25, -0.2) is 8.78 Å². The van der Waals surface area contributed by atoms with Crippen molar-refractivity contribution in [3.05, 3.63) is 71.4 Å². The van der Waals surface area contributed by atoms with Crippen molar-refractivity contribution >= 4 is 10.9 Å². The van der Waals surface area contributed by atoms with Crippen LogP contribution >= 0.6 is 0 Å². The van der Waals surface area contributed by atoms with Gasteiger partial charge in [0.1, 0.15) is 11.6 Å². The molecular weight excluding hydrogens is 270 g/mol. The SMILES string of the molecule is NCCc1ccc2c(ccn2Cc2cc(F)ccc2F)c1. The average Bonchev–Trinajstić information content (AvgIpc) is 2.86. The summed E-state index contributed by atoms with van der Waals surface area (Å²) in [5.41, 5.74) is 8.09. The van der Waals surface area contributed by atoms with Gasteiger partial charge in [-0.2, -0.15) is 0 Å². The van der Waals surface area contributed by atoms with Crippen molar-refractivity contribution in [2.75, 3.05) is 6.54 Å². The maximum absolute atomic E-state index is 13.7. The maximum Gasteiger partial charge on any atom is 0.128 e. The third-order valence-corrected chi connectivity index (χ3v) is 3.62. The second-order valence-electron chi connectivity index (χ2n) is 5.11. The van der Waals surface area contributed by atoms with Gasteiger partial charge in [0.2, 0.25) is 0 Å². The molecule has 2 N–H and O–H groups in total. The largest absolute Gasteiger partial charge is 0.343 e. The van der Waals surface area contributed by atoms with Crippen LogP contribution in [0.3, 0.4) is 0 Å². The van der Waals surface area contributed by atoms with Crippen molar-refractivity contribution in [2.45, 2.75) is 13.0 Å². The molecule has 0 saturated carbocycles. The molecule has 108 valence electrons. The fourth-order valence-corrected chi connectivity index (χ4v) is 2.56. The molecule has 0 fully saturated rings. The summed E-state index contributed by atoms with van der Waals surface area (Å²) in [5, 5.41) is 1.08. The van der Waals surface area contributed by atoms with Gasteiger partial charge in [-0.3, -0.25) is 0 Å². The molecule has 0 saturated heterocycles. The highest BCUT2D eigenvalue weighted by Gasteiger charge is 2.07. The molecule has 1 aromatic heterocycles. The van der Waals surface area contributed by atoms with Crippen molar-refractivity contribution in [2.24, 2.45) is 5.73 Å². The summed E-state index contributed by atoms with van der Waals surface area (Å²) in [6.07, 6.45) is 2.72. The van der Waals surface area contributed by atoms with Crippen LogP contribution < -0.4 is 5.73 Å². The van der Waals surface area contributed by atoms with Gasteiger partial charge in [-0.1, -0.05) is 6.07 Å². The minimum Gasteiger partial charge on any atom is -0.343 e. The number of benzene rings is 2. The highest BCUT2D eigenvalue weighted by atomic mass is 19.1. The number of hydrogen-bond acceptors (Lipinski definition) is 1. The number of halogens is 2. The summed E-state index contributed by atoms with van der Waals surface area (Å²) in [4.78, 5) is 0. The number of hydrogen-bond donors (Lipinski definition) is 1. The summed E-state index contributed by atoms with van der Waals surface area (Å²) in [6.45, 7) is 0.921. The number of nitrogens with two attached hydrogens (primary N) is 1. The van der Waals surface area contributed by atoms with Crippen LogP contribution in [-0.2, 0) is 13.0 Å². The van der Waals surface area contributed by atoms with Gasteiger partial charge in [0.25, 0.3) is 0 Å². The van der Waals surface area contributed by atoms with E-state index in [1.807, 2.05) is 29.0 Å². The van der Waals surface area contributed by atoms with Crippen LogP contribution in [0.15, 0.2) is 48.7 Å². The fraction of sp³-hybridized carbons (Fsp3) is 0.176. The second-order valence-corrected chi connectivity index (χ2v) is 5.11. The zero-order valence-electron chi connectivity index (χ0n) is 11.5. The van der Waals surface area contributed by atoms with Gasteiger partial charge in [0.05, 0.1) is 6.54 Å². The average molecular weight is 286 g/mol. The van der Waals surface area contributed by atoms with E-state index in [4.69, 9.17) is 5.73 Å². The summed E-state index contributed by atoms with van der Waals surface area (Å²) in [7, 11) is 0. The molecule has 2 nitrogen and oxygen atoms in total. The zero-order chi connectivity index (χ0) is 14.8. The number of rotatable bonds is 4. The van der Waals surface area contributed by atoms with Crippen molar-refractivity contribution in [3.63, 3.8) is 0 Å². The van der Waals surface area contributed by atoms with Gasteiger partial charge in [0, 0.05) is 17.3 Å². The van der Waals surface area contributed by atoms with Crippen LogP contribution in [0.1, 0.15) is 11.1 Å². The zero-order valence-corrected chi connectivity index (χ0v) is 11.5. The monoisotopic (exact) mass is 286 g/mol. The summed E-state index contributed by atoms with van der Waals surface area (Å²) in [5.74, 6) is -0.814. The first-order chi connectivity index (χ1) is 10.2. The lowest BCUT2D eigenvalue weighted by atomic mass is 10.1. The minimum absolute atomic E-state index is 0.309. The highest BCUT2D eigenvalue weighted by molar-refractivity contribution is 5.81. The molecule has 0 radical (unpaired) electrons. The molecule has 3 rings (SSSR count). The van der Waals surface area contributed by atoms with E-state index >= 15 is 0 Å². The van der Waals surface area contributed by atoms with Crippen molar-refractivity contribution in [1.29, 1.82) is 0 Å². The fourth-order valence-electron chi connectivity index (χ4n) is 2.56. The van der Waals surface area contributed by atoms with E-state index in [1.165, 1.54) is 11.6 Å². The van der Waals surface area contributed by atoms with E-state index in [-0.39, 0.29) is 0 Å². The highest BCUT2D eigenvalue weighted by Crippen LogP contribution is 2.20. The standard InChI is InChI=1S/C17H16F2N2/c18-15-2-3-16(19)14(10-15)11-21-8-6-13-9-12(5-7-20)1-4-17(13)21/h1-4,6,8-10H,5,7,11,20H2. The Kier molecular flexibility index (Phi) is 3.71. The van der Waals surface area contributed by atoms with E-state index in [2.05, 4.69) is 6.07 Å². The normalized spacial score (nSPS) is 11.2. The van der Waals surface area contributed by atoms with Crippen LogP contribution in [0.25, 0.3) is 10.9 Å². The predicted molar refractivity (Wildman–Crippen MR) is 80.2 cm³/mol. The Hall–Kier alpha value is -2.20. The Morgan fingerprint density at radius 1 is 1.00 bits per heavy atom. The Morgan fingerprint density at radius 2 is 1.86 bits per heavy atom. The van der Waals surface area contributed by atoms with Crippen LogP contribution in [-0.4, -0.2) is 11.1 Å². The number of nitrogens with zero attached hydrogens (tertiary/aromatic N) is 1. The van der Waals surface area contributed by atoms with Crippen LogP contribution in [0, 0.1) is 11.6 Å². The molecule has 21 heavy (non-hydrogen) atoms. The van der Waals surface area contributed by atoms with Crippen LogP contribution in [0.2, 0.25) is 0 Å². The first kappa shape index (κ1) is 13.8. The van der Waals surface area contributed by atoms with Gasteiger partial charge < -0.3 is 10.3 Å². The van der Waals surface area contributed by atoms with Crippen molar-refractivity contribution < 1.29 is 8.78 Å². The lowest BCUT2D eigenvalue weighted by molar-refractivity contribution is 0.579. The molecule has 3 aromatic rings. The molecule has 4 heteroatoms. The Morgan fingerprint density at radius 3 is 2.67 bits per heavy atom. The Labute approximate surface area is 121 Å². The lowest BCUT2D eigenvalue weighted by Crippen LogP contribution is -2.03. The Balaban J connectivity index is 1.96. The quantitative estimate of drug-likeness (QED) is 0.782. The van der Waals surface area contributed by atoms with Crippen LogP contribution in [0.4, 0.5) is 8.78 Å².